The van der Waals surface area contributed by atoms with Crippen molar-refractivity contribution < 1.29 is 9.90 Å². The van der Waals surface area contributed by atoms with E-state index in [1.165, 1.54) is 6.42 Å². The number of carbonyl (C=O) groups is 1. The molecule has 4 atom stereocenters. The van der Waals surface area contributed by atoms with E-state index in [0.29, 0.717) is 11.8 Å². The third-order valence-electron chi connectivity index (χ3n) is 3.54. The zero-order valence-corrected chi connectivity index (χ0v) is 7.07. The highest BCUT2D eigenvalue weighted by Gasteiger charge is 2.49. The van der Waals surface area contributed by atoms with Crippen molar-refractivity contribution in [1.82, 2.24) is 0 Å². The van der Waals surface area contributed by atoms with Gasteiger partial charge in [-0.15, -0.1) is 6.58 Å². The van der Waals surface area contributed by atoms with E-state index in [2.05, 4.69) is 6.58 Å². The lowest BCUT2D eigenvalue weighted by Crippen LogP contribution is -2.27. The third-order valence-corrected chi connectivity index (χ3v) is 3.54. The lowest BCUT2D eigenvalue weighted by atomic mass is 9.79. The summed E-state index contributed by atoms with van der Waals surface area (Å²) in [5, 5.41) is 8.99. The summed E-state index contributed by atoms with van der Waals surface area (Å²) in [5.74, 6) is 0.568. The Labute approximate surface area is 72.3 Å². The molecule has 0 unspecified atom stereocenters. The van der Waals surface area contributed by atoms with Crippen LogP contribution in [0.4, 0.5) is 0 Å². The molecule has 2 bridgehead atoms. The molecule has 12 heavy (non-hydrogen) atoms. The third kappa shape index (κ3) is 0.904. The largest absolute Gasteiger partial charge is 0.481 e. The topological polar surface area (TPSA) is 37.3 Å². The summed E-state index contributed by atoms with van der Waals surface area (Å²) in [6.07, 6.45) is 5.30. The summed E-state index contributed by atoms with van der Waals surface area (Å²) < 4.78 is 0. The van der Waals surface area contributed by atoms with Gasteiger partial charge in [0.2, 0.25) is 0 Å². The lowest BCUT2D eigenvalue weighted by molar-refractivity contribution is -0.144. The highest BCUT2D eigenvalue weighted by molar-refractivity contribution is 5.72. The first-order chi connectivity index (χ1) is 5.74. The molecule has 2 aliphatic rings. The van der Waals surface area contributed by atoms with Crippen LogP contribution < -0.4 is 0 Å². The van der Waals surface area contributed by atoms with Gasteiger partial charge in [0, 0.05) is 0 Å². The van der Waals surface area contributed by atoms with Gasteiger partial charge in [-0.05, 0) is 37.0 Å². The van der Waals surface area contributed by atoms with Crippen molar-refractivity contribution in [2.75, 3.05) is 0 Å². The molecular formula is C10H14O2. The zero-order chi connectivity index (χ0) is 8.72. The van der Waals surface area contributed by atoms with E-state index in [9.17, 15) is 4.79 Å². The molecule has 0 heterocycles. The second kappa shape index (κ2) is 2.61. The van der Waals surface area contributed by atoms with Crippen molar-refractivity contribution >= 4 is 5.97 Å². The average Bonchev–Trinajstić information content (AvgIpc) is 2.60. The number of aliphatic carboxylic acids is 1. The smallest absolute Gasteiger partial charge is 0.307 e. The second-order valence-corrected chi connectivity index (χ2v) is 4.01. The summed E-state index contributed by atoms with van der Waals surface area (Å²) in [4.78, 5) is 10.9. The Balaban J connectivity index is 2.21. The van der Waals surface area contributed by atoms with Gasteiger partial charge in [0.1, 0.15) is 0 Å². The van der Waals surface area contributed by atoms with Gasteiger partial charge in [-0.1, -0.05) is 6.08 Å². The molecule has 2 nitrogen and oxygen atoms in total. The standard InChI is InChI=1S/C10H14O2/c1-2-8-6-3-4-7(5-6)9(8)10(11)12/h2,6-9H,1,3-5H2,(H,11,12)/t6-,7+,8-,9+/m0/s1. The molecule has 0 saturated heterocycles. The van der Waals surface area contributed by atoms with Crippen LogP contribution in [0.5, 0.6) is 0 Å². The van der Waals surface area contributed by atoms with E-state index in [-0.39, 0.29) is 11.8 Å². The van der Waals surface area contributed by atoms with Crippen molar-refractivity contribution in [1.29, 1.82) is 0 Å². The minimum Gasteiger partial charge on any atom is -0.481 e. The quantitative estimate of drug-likeness (QED) is 0.636. The van der Waals surface area contributed by atoms with E-state index in [1.54, 1.807) is 0 Å². The van der Waals surface area contributed by atoms with E-state index >= 15 is 0 Å². The van der Waals surface area contributed by atoms with Gasteiger partial charge in [-0.3, -0.25) is 4.79 Å². The van der Waals surface area contributed by atoms with Gasteiger partial charge >= 0.3 is 5.97 Å². The lowest BCUT2D eigenvalue weighted by Gasteiger charge is -2.24. The van der Waals surface area contributed by atoms with E-state index < -0.39 is 5.97 Å². The van der Waals surface area contributed by atoms with Crippen LogP contribution in [0.15, 0.2) is 12.7 Å². The number of rotatable bonds is 2. The SMILES string of the molecule is C=C[C@H]1[C@H]2CC[C@H](C2)[C@H]1C(=O)O. The molecule has 0 aliphatic heterocycles. The van der Waals surface area contributed by atoms with Gasteiger partial charge in [-0.25, -0.2) is 0 Å². The van der Waals surface area contributed by atoms with E-state index in [4.69, 9.17) is 5.11 Å². The Bertz CT molecular complexity index is 222. The van der Waals surface area contributed by atoms with Crippen molar-refractivity contribution in [2.24, 2.45) is 23.7 Å². The normalized spacial score (nSPS) is 44.7. The summed E-state index contributed by atoms with van der Waals surface area (Å²) in [6, 6.07) is 0. The van der Waals surface area contributed by atoms with Crippen LogP contribution in [0.25, 0.3) is 0 Å². The monoisotopic (exact) mass is 166 g/mol. The number of carboxylic acids is 1. The van der Waals surface area contributed by atoms with E-state index in [1.807, 2.05) is 6.08 Å². The fraction of sp³-hybridized carbons (Fsp3) is 0.700. The molecule has 0 amide bonds. The Morgan fingerprint density at radius 3 is 2.58 bits per heavy atom. The van der Waals surface area contributed by atoms with Crippen molar-refractivity contribution in [3.05, 3.63) is 12.7 Å². The molecule has 0 aromatic carbocycles. The predicted octanol–water partition coefficient (Wildman–Crippen LogP) is 1.92. The van der Waals surface area contributed by atoms with Gasteiger partial charge in [0.15, 0.2) is 0 Å². The average molecular weight is 166 g/mol. The van der Waals surface area contributed by atoms with E-state index in [0.717, 1.165) is 12.8 Å². The Morgan fingerprint density at radius 2 is 2.08 bits per heavy atom. The molecule has 2 saturated carbocycles. The summed E-state index contributed by atoms with van der Waals surface area (Å²) in [6.45, 7) is 3.73. The molecular weight excluding hydrogens is 152 g/mol. The number of hydrogen-bond donors (Lipinski definition) is 1. The summed E-state index contributed by atoms with van der Waals surface area (Å²) >= 11 is 0. The molecule has 0 radical (unpaired) electrons. The molecule has 2 aliphatic carbocycles. The fourth-order valence-electron chi connectivity index (χ4n) is 3.04. The Morgan fingerprint density at radius 1 is 1.42 bits per heavy atom. The van der Waals surface area contributed by atoms with Gasteiger partial charge < -0.3 is 5.11 Å². The van der Waals surface area contributed by atoms with Gasteiger partial charge in [0.25, 0.3) is 0 Å². The van der Waals surface area contributed by atoms with Gasteiger partial charge in [0.05, 0.1) is 5.92 Å². The minimum atomic E-state index is -0.618. The number of hydrogen-bond acceptors (Lipinski definition) is 1. The number of carboxylic acid groups (broad SMARTS) is 1. The fourth-order valence-corrected chi connectivity index (χ4v) is 3.04. The number of fused-ring (bicyclic) bond motifs is 2. The van der Waals surface area contributed by atoms with Gasteiger partial charge in [-0.2, -0.15) is 0 Å². The zero-order valence-electron chi connectivity index (χ0n) is 7.07. The van der Waals surface area contributed by atoms with Crippen LogP contribution in [-0.2, 0) is 4.79 Å². The second-order valence-electron chi connectivity index (χ2n) is 4.01. The van der Waals surface area contributed by atoms with Crippen molar-refractivity contribution in [2.45, 2.75) is 19.3 Å². The molecule has 1 N–H and O–H groups in total. The summed E-state index contributed by atoms with van der Waals surface area (Å²) in [5.41, 5.74) is 0. The molecule has 2 rings (SSSR count). The minimum absolute atomic E-state index is 0.124. The highest BCUT2D eigenvalue weighted by Crippen LogP contribution is 2.52. The highest BCUT2D eigenvalue weighted by atomic mass is 16.4. The molecule has 0 spiro atoms. The Kier molecular flexibility index (Phi) is 1.71. The molecule has 0 aromatic heterocycles. The first kappa shape index (κ1) is 7.84. The maximum Gasteiger partial charge on any atom is 0.307 e. The summed E-state index contributed by atoms with van der Waals surface area (Å²) in [7, 11) is 0. The molecule has 66 valence electrons. The van der Waals surface area contributed by atoms with Crippen LogP contribution in [0.3, 0.4) is 0 Å². The molecule has 0 aromatic rings. The Hall–Kier alpha value is -0.790. The van der Waals surface area contributed by atoms with Crippen LogP contribution in [0.1, 0.15) is 19.3 Å². The molecule has 2 fully saturated rings. The first-order valence-corrected chi connectivity index (χ1v) is 4.59. The number of allylic oxidation sites excluding steroid dienone is 1. The van der Waals surface area contributed by atoms with Crippen LogP contribution in [0.2, 0.25) is 0 Å². The van der Waals surface area contributed by atoms with Crippen LogP contribution in [0, 0.1) is 23.7 Å². The molecule has 2 heteroatoms. The maximum absolute atomic E-state index is 10.9. The van der Waals surface area contributed by atoms with Crippen molar-refractivity contribution in [3.8, 4) is 0 Å². The predicted molar refractivity (Wildman–Crippen MR) is 45.6 cm³/mol. The van der Waals surface area contributed by atoms with Crippen LogP contribution >= 0.6 is 0 Å². The maximum atomic E-state index is 10.9. The van der Waals surface area contributed by atoms with Crippen molar-refractivity contribution in [3.63, 3.8) is 0 Å². The first-order valence-electron chi connectivity index (χ1n) is 4.59. The van der Waals surface area contributed by atoms with Crippen LogP contribution in [-0.4, -0.2) is 11.1 Å².